The fraction of sp³-hybridized carbons (Fsp3) is 0.462. The van der Waals surface area contributed by atoms with Gasteiger partial charge in [0, 0.05) is 5.38 Å². The van der Waals surface area contributed by atoms with Crippen LogP contribution in [0.5, 0.6) is 0 Å². The standard InChI is InChI=1S/C13H17N5O8S2/c1-3-4-26-17-7(6-5-27-13(14)15-6)10(19)16-8-9(12(21)25-2)18(11(8)20)28(22,23)24/h5,8-9H,3-4H2,1-2H3,(H2,14,15)(H,16,19)(H,22,23,24)/t8-,9-/m1/s1. The van der Waals surface area contributed by atoms with E-state index in [-0.39, 0.29) is 27.4 Å². The normalized spacial score (nSPS) is 19.8. The highest BCUT2D eigenvalue weighted by Gasteiger charge is 2.58. The number of nitrogens with one attached hydrogen (secondary N) is 1. The predicted molar refractivity (Wildman–Crippen MR) is 95.4 cm³/mol. The van der Waals surface area contributed by atoms with Crippen molar-refractivity contribution in [2.45, 2.75) is 25.4 Å². The van der Waals surface area contributed by atoms with Gasteiger partial charge in [0.05, 0.1) is 7.11 Å². The molecule has 0 radical (unpaired) electrons. The highest BCUT2D eigenvalue weighted by Crippen LogP contribution is 2.25. The Kier molecular flexibility index (Phi) is 6.52. The van der Waals surface area contributed by atoms with Crippen LogP contribution in [0.2, 0.25) is 0 Å². The lowest BCUT2D eigenvalue weighted by molar-refractivity contribution is -0.162. The van der Waals surface area contributed by atoms with Crippen molar-refractivity contribution in [3.63, 3.8) is 0 Å². The van der Waals surface area contributed by atoms with Gasteiger partial charge in [-0.1, -0.05) is 12.1 Å². The maximum absolute atomic E-state index is 12.6. The lowest BCUT2D eigenvalue weighted by Crippen LogP contribution is -2.74. The maximum atomic E-state index is 12.6. The summed E-state index contributed by atoms with van der Waals surface area (Å²) in [6.45, 7) is 2.01. The first-order chi connectivity index (χ1) is 13.1. The second kappa shape index (κ2) is 8.49. The minimum absolute atomic E-state index is 0.0594. The number of anilines is 1. The molecule has 1 aromatic rings. The van der Waals surface area contributed by atoms with Gasteiger partial charge in [-0.3, -0.25) is 14.1 Å². The molecule has 1 aromatic heterocycles. The summed E-state index contributed by atoms with van der Waals surface area (Å²) >= 11 is 1.03. The molecule has 0 saturated carbocycles. The van der Waals surface area contributed by atoms with Crippen LogP contribution in [0.25, 0.3) is 0 Å². The molecule has 0 aliphatic carbocycles. The SMILES string of the molecule is CCCON=C(C(=O)N[C@H]1C(=O)N(S(=O)(=O)O)[C@H]1C(=O)OC)c1csc(N)n1. The average molecular weight is 435 g/mol. The van der Waals surface area contributed by atoms with Crippen molar-refractivity contribution >= 4 is 50.3 Å². The average Bonchev–Trinajstić information content (AvgIpc) is 3.04. The summed E-state index contributed by atoms with van der Waals surface area (Å²) in [4.78, 5) is 45.3. The molecular formula is C13H17N5O8S2. The van der Waals surface area contributed by atoms with E-state index in [1.54, 1.807) is 0 Å². The van der Waals surface area contributed by atoms with E-state index in [0.717, 1.165) is 18.4 Å². The van der Waals surface area contributed by atoms with E-state index in [2.05, 4.69) is 20.2 Å². The topological polar surface area (TPSA) is 191 Å². The van der Waals surface area contributed by atoms with Crippen LogP contribution in [0.1, 0.15) is 19.0 Å². The van der Waals surface area contributed by atoms with Gasteiger partial charge in [-0.15, -0.1) is 11.3 Å². The summed E-state index contributed by atoms with van der Waals surface area (Å²) in [7, 11) is -4.07. The number of hydrogen-bond donors (Lipinski definition) is 3. The van der Waals surface area contributed by atoms with Crippen molar-refractivity contribution in [2.24, 2.45) is 5.16 Å². The number of hydrogen-bond acceptors (Lipinski definition) is 11. The molecule has 0 aromatic carbocycles. The van der Waals surface area contributed by atoms with Crippen LogP contribution in [-0.2, 0) is 34.3 Å². The minimum Gasteiger partial charge on any atom is -0.467 e. The van der Waals surface area contributed by atoms with E-state index in [1.165, 1.54) is 5.38 Å². The molecule has 1 aliphatic heterocycles. The first kappa shape index (κ1) is 21.5. The molecule has 0 spiro atoms. The molecular weight excluding hydrogens is 418 g/mol. The van der Waals surface area contributed by atoms with Gasteiger partial charge in [0.25, 0.3) is 11.8 Å². The van der Waals surface area contributed by atoms with Gasteiger partial charge in [-0.2, -0.15) is 12.7 Å². The molecule has 1 fully saturated rings. The van der Waals surface area contributed by atoms with Crippen LogP contribution in [0.4, 0.5) is 5.13 Å². The summed E-state index contributed by atoms with van der Waals surface area (Å²) in [5.41, 5.74) is 5.27. The Morgan fingerprint density at radius 3 is 2.68 bits per heavy atom. The number of aromatic nitrogens is 1. The first-order valence-corrected chi connectivity index (χ1v) is 10.00. The van der Waals surface area contributed by atoms with E-state index in [4.69, 9.17) is 15.1 Å². The maximum Gasteiger partial charge on any atom is 0.363 e. The second-order valence-electron chi connectivity index (χ2n) is 5.38. The van der Waals surface area contributed by atoms with Gasteiger partial charge < -0.3 is 20.6 Å². The first-order valence-electron chi connectivity index (χ1n) is 7.72. The smallest absolute Gasteiger partial charge is 0.363 e. The number of β-lactam (4-membered cyclic amide) rings is 1. The summed E-state index contributed by atoms with van der Waals surface area (Å²) < 4.78 is 36.0. The Balaban J connectivity index is 2.27. The monoisotopic (exact) mass is 435 g/mol. The third-order valence-electron chi connectivity index (χ3n) is 3.46. The highest BCUT2D eigenvalue weighted by atomic mass is 32.2. The van der Waals surface area contributed by atoms with Gasteiger partial charge >= 0.3 is 16.3 Å². The molecule has 4 N–H and O–H groups in total. The number of thiazole rings is 1. The van der Waals surface area contributed by atoms with Gasteiger partial charge in [0.1, 0.15) is 18.3 Å². The van der Waals surface area contributed by atoms with E-state index in [9.17, 15) is 22.8 Å². The lowest BCUT2D eigenvalue weighted by Gasteiger charge is -2.41. The lowest BCUT2D eigenvalue weighted by atomic mass is 9.98. The molecule has 154 valence electrons. The molecule has 2 atom stereocenters. The molecule has 2 amide bonds. The number of ether oxygens (including phenoxy) is 1. The Morgan fingerprint density at radius 1 is 1.50 bits per heavy atom. The third kappa shape index (κ3) is 4.37. The van der Waals surface area contributed by atoms with Crippen molar-refractivity contribution in [3.05, 3.63) is 11.1 Å². The molecule has 0 bridgehead atoms. The summed E-state index contributed by atoms with van der Waals surface area (Å²) in [5.74, 6) is -3.34. The van der Waals surface area contributed by atoms with Crippen LogP contribution in [0, 0.1) is 0 Å². The Labute approximate surface area is 163 Å². The van der Waals surface area contributed by atoms with E-state index in [0.29, 0.717) is 6.42 Å². The van der Waals surface area contributed by atoms with Crippen LogP contribution in [-0.4, -0.2) is 71.6 Å². The molecule has 2 heterocycles. The number of nitrogens with zero attached hydrogens (tertiary/aromatic N) is 3. The minimum atomic E-state index is -5.03. The van der Waals surface area contributed by atoms with Gasteiger partial charge in [0.15, 0.2) is 16.9 Å². The molecule has 1 saturated heterocycles. The number of carbonyl (C=O) groups is 3. The second-order valence-corrected chi connectivity index (χ2v) is 7.55. The number of amides is 2. The number of oxime groups is 1. The molecule has 1 aliphatic rings. The molecule has 28 heavy (non-hydrogen) atoms. The number of rotatable bonds is 8. The zero-order valence-electron chi connectivity index (χ0n) is 14.7. The molecule has 15 heteroatoms. The van der Waals surface area contributed by atoms with Crippen molar-refractivity contribution in [1.82, 2.24) is 14.6 Å². The number of esters is 1. The fourth-order valence-corrected chi connectivity index (χ4v) is 3.61. The van der Waals surface area contributed by atoms with Crippen molar-refractivity contribution in [3.8, 4) is 0 Å². The van der Waals surface area contributed by atoms with E-state index < -0.39 is 40.2 Å². The van der Waals surface area contributed by atoms with Crippen LogP contribution >= 0.6 is 11.3 Å². The van der Waals surface area contributed by atoms with Crippen LogP contribution < -0.4 is 11.1 Å². The number of methoxy groups -OCH3 is 1. The Morgan fingerprint density at radius 2 is 2.18 bits per heavy atom. The van der Waals surface area contributed by atoms with Crippen molar-refractivity contribution < 1.29 is 36.9 Å². The van der Waals surface area contributed by atoms with Crippen molar-refractivity contribution in [1.29, 1.82) is 0 Å². The van der Waals surface area contributed by atoms with Crippen molar-refractivity contribution in [2.75, 3.05) is 19.5 Å². The predicted octanol–water partition coefficient (Wildman–Crippen LogP) is -1.47. The third-order valence-corrected chi connectivity index (χ3v) is 5.04. The Hall–Kier alpha value is -2.78. The number of carbonyl (C=O) groups excluding carboxylic acids is 3. The molecule has 13 nitrogen and oxygen atoms in total. The quantitative estimate of drug-likeness (QED) is 0.108. The van der Waals surface area contributed by atoms with E-state index >= 15 is 0 Å². The zero-order valence-corrected chi connectivity index (χ0v) is 16.3. The molecule has 0 unspecified atom stereocenters. The Bertz CT molecular complexity index is 912. The largest absolute Gasteiger partial charge is 0.467 e. The summed E-state index contributed by atoms with van der Waals surface area (Å²) in [6.07, 6.45) is 0.604. The van der Waals surface area contributed by atoms with Gasteiger partial charge in [-0.05, 0) is 6.42 Å². The van der Waals surface area contributed by atoms with Crippen LogP contribution in [0.15, 0.2) is 10.5 Å². The summed E-state index contributed by atoms with van der Waals surface area (Å²) in [6, 6.07) is -3.37. The van der Waals surface area contributed by atoms with E-state index in [1.807, 2.05) is 6.92 Å². The summed E-state index contributed by atoms with van der Waals surface area (Å²) in [5, 5.41) is 7.42. The fourth-order valence-electron chi connectivity index (χ4n) is 2.22. The number of nitrogens with two attached hydrogens (primary N) is 1. The van der Waals surface area contributed by atoms with Crippen LogP contribution in [0.3, 0.4) is 0 Å². The molecule has 2 rings (SSSR count). The zero-order chi connectivity index (χ0) is 21.1. The van der Waals surface area contributed by atoms with Gasteiger partial charge in [0.2, 0.25) is 0 Å². The highest BCUT2D eigenvalue weighted by molar-refractivity contribution is 7.84. The van der Waals surface area contributed by atoms with Gasteiger partial charge in [-0.25, -0.2) is 9.78 Å². The number of nitrogen functional groups attached to an aromatic ring is 1.